The van der Waals surface area contributed by atoms with E-state index in [1.807, 2.05) is 97.9 Å². The molecule has 1 aliphatic rings. The van der Waals surface area contributed by atoms with Crippen LogP contribution in [-0.2, 0) is 32.0 Å². The summed E-state index contributed by atoms with van der Waals surface area (Å²) in [4.78, 5) is 51.9. The van der Waals surface area contributed by atoms with Gasteiger partial charge in [-0.15, -0.1) is 0 Å². The standard InChI is InChI=1S/C37H38N4O5/c1-23-16-18-26(19-17-23)21-33(36(44)40-32(34(38)42)20-25-10-4-3-5-11-25)41-35(43)24(2)39-37(45)46-22-31-29-14-8-6-12-27(29)28-13-7-9-15-30(28)31/h3-19,24,31-33H,20-22H2,1-2H3,(H2,38,42)(H,39,45)(H,40,44)(H,41,43)/t24-,32-,33?/m0/s1. The van der Waals surface area contributed by atoms with E-state index >= 15 is 0 Å². The zero-order valence-electron chi connectivity index (χ0n) is 25.9. The fraction of sp³-hybridized carbons (Fsp3) is 0.243. The zero-order valence-corrected chi connectivity index (χ0v) is 25.9. The van der Waals surface area contributed by atoms with Gasteiger partial charge in [-0.1, -0.05) is 109 Å². The molecule has 1 unspecified atom stereocenters. The quantitative estimate of drug-likeness (QED) is 0.189. The molecule has 0 radical (unpaired) electrons. The lowest BCUT2D eigenvalue weighted by Gasteiger charge is -2.24. The zero-order chi connectivity index (χ0) is 32.6. The van der Waals surface area contributed by atoms with Crippen LogP contribution in [0.25, 0.3) is 11.1 Å². The summed E-state index contributed by atoms with van der Waals surface area (Å²) in [5, 5.41) is 8.03. The number of aryl methyl sites for hydroxylation is 1. The number of carbonyl (C=O) groups excluding carboxylic acids is 4. The minimum absolute atomic E-state index is 0.0998. The Morgan fingerprint density at radius 1 is 0.674 bits per heavy atom. The van der Waals surface area contributed by atoms with Crippen LogP contribution in [0.2, 0.25) is 0 Å². The van der Waals surface area contributed by atoms with E-state index in [9.17, 15) is 19.2 Å². The van der Waals surface area contributed by atoms with Crippen LogP contribution in [0.5, 0.6) is 0 Å². The lowest BCUT2D eigenvalue weighted by molar-refractivity contribution is -0.131. The Morgan fingerprint density at radius 3 is 1.80 bits per heavy atom. The van der Waals surface area contributed by atoms with Crippen molar-refractivity contribution in [3.63, 3.8) is 0 Å². The maximum Gasteiger partial charge on any atom is 0.407 e. The molecular weight excluding hydrogens is 580 g/mol. The molecule has 0 bridgehead atoms. The highest BCUT2D eigenvalue weighted by atomic mass is 16.5. The number of nitrogens with two attached hydrogens (primary N) is 1. The second-order valence-corrected chi connectivity index (χ2v) is 11.6. The van der Waals surface area contributed by atoms with E-state index < -0.39 is 41.9 Å². The summed E-state index contributed by atoms with van der Waals surface area (Å²) in [6, 6.07) is 29.8. The Labute approximate surface area is 268 Å². The van der Waals surface area contributed by atoms with Crippen LogP contribution in [0, 0.1) is 6.92 Å². The van der Waals surface area contributed by atoms with Gasteiger partial charge in [-0.3, -0.25) is 14.4 Å². The van der Waals surface area contributed by atoms with Crippen molar-refractivity contribution in [1.82, 2.24) is 16.0 Å². The molecule has 4 aromatic carbocycles. The number of fused-ring (bicyclic) bond motifs is 3. The second kappa shape index (κ2) is 14.6. The van der Waals surface area contributed by atoms with E-state index in [4.69, 9.17) is 10.5 Å². The topological polar surface area (TPSA) is 140 Å². The fourth-order valence-electron chi connectivity index (χ4n) is 5.69. The molecule has 9 heteroatoms. The lowest BCUT2D eigenvalue weighted by Crippen LogP contribution is -2.57. The molecule has 5 N–H and O–H groups in total. The number of primary amides is 1. The Hall–Kier alpha value is -5.44. The monoisotopic (exact) mass is 618 g/mol. The van der Waals surface area contributed by atoms with E-state index in [0.717, 1.165) is 38.9 Å². The van der Waals surface area contributed by atoms with Gasteiger partial charge in [0.1, 0.15) is 24.7 Å². The SMILES string of the molecule is Cc1ccc(CC(NC(=O)[C@H](C)NC(=O)OCC2c3ccccc3-c3ccccc32)C(=O)N[C@@H](Cc2ccccc2)C(N)=O)cc1. The van der Waals surface area contributed by atoms with Crippen LogP contribution in [0.4, 0.5) is 4.79 Å². The predicted octanol–water partition coefficient (Wildman–Crippen LogP) is 4.16. The summed E-state index contributed by atoms with van der Waals surface area (Å²) >= 11 is 0. The molecule has 0 heterocycles. The third kappa shape index (κ3) is 7.79. The molecule has 0 saturated carbocycles. The number of hydrogen-bond donors (Lipinski definition) is 4. The third-order valence-corrected chi connectivity index (χ3v) is 8.21. The molecule has 236 valence electrons. The number of nitrogens with one attached hydrogen (secondary N) is 3. The van der Waals surface area contributed by atoms with Gasteiger partial charge >= 0.3 is 6.09 Å². The van der Waals surface area contributed by atoms with Gasteiger partial charge in [0.2, 0.25) is 17.7 Å². The van der Waals surface area contributed by atoms with Gasteiger partial charge in [0.05, 0.1) is 0 Å². The van der Waals surface area contributed by atoms with Gasteiger partial charge in [0, 0.05) is 18.8 Å². The smallest absolute Gasteiger partial charge is 0.407 e. The van der Waals surface area contributed by atoms with Crippen LogP contribution in [0.1, 0.15) is 40.7 Å². The summed E-state index contributed by atoms with van der Waals surface area (Å²) in [7, 11) is 0. The van der Waals surface area contributed by atoms with E-state index in [1.165, 1.54) is 6.92 Å². The molecule has 3 atom stereocenters. The summed E-state index contributed by atoms with van der Waals surface area (Å²) in [6.07, 6.45) is -0.389. The van der Waals surface area contributed by atoms with Crippen molar-refractivity contribution in [3.05, 3.63) is 131 Å². The first-order valence-electron chi connectivity index (χ1n) is 15.3. The van der Waals surface area contributed by atoms with Crippen molar-refractivity contribution in [2.45, 2.75) is 50.7 Å². The Bertz CT molecular complexity index is 1660. The number of rotatable bonds is 12. The maximum absolute atomic E-state index is 13.5. The van der Waals surface area contributed by atoms with E-state index in [0.29, 0.717) is 0 Å². The van der Waals surface area contributed by atoms with Crippen molar-refractivity contribution in [3.8, 4) is 11.1 Å². The number of ether oxygens (including phenoxy) is 1. The lowest BCUT2D eigenvalue weighted by atomic mass is 9.98. The number of benzene rings is 4. The molecule has 5 rings (SSSR count). The first kappa shape index (κ1) is 32.0. The number of alkyl carbamates (subject to hydrolysis) is 1. The number of amides is 4. The molecule has 0 fully saturated rings. The molecule has 1 aliphatic carbocycles. The van der Waals surface area contributed by atoms with Crippen LogP contribution >= 0.6 is 0 Å². The van der Waals surface area contributed by atoms with Crippen molar-refractivity contribution in [2.75, 3.05) is 6.61 Å². The average Bonchev–Trinajstić information content (AvgIpc) is 3.38. The number of hydrogen-bond acceptors (Lipinski definition) is 5. The average molecular weight is 619 g/mol. The maximum atomic E-state index is 13.5. The highest BCUT2D eigenvalue weighted by molar-refractivity contribution is 5.93. The highest BCUT2D eigenvalue weighted by Crippen LogP contribution is 2.44. The highest BCUT2D eigenvalue weighted by Gasteiger charge is 2.31. The van der Waals surface area contributed by atoms with E-state index in [-0.39, 0.29) is 25.4 Å². The first-order chi connectivity index (χ1) is 22.2. The van der Waals surface area contributed by atoms with E-state index in [2.05, 4.69) is 28.1 Å². The number of carbonyl (C=O) groups is 4. The molecule has 0 aromatic heterocycles. The van der Waals surface area contributed by atoms with Crippen LogP contribution < -0.4 is 21.7 Å². The summed E-state index contributed by atoms with van der Waals surface area (Å²) in [6.45, 7) is 3.56. The minimum atomic E-state index is -1.04. The summed E-state index contributed by atoms with van der Waals surface area (Å²) in [5.41, 5.74) is 12.7. The van der Waals surface area contributed by atoms with Gasteiger partial charge in [-0.2, -0.15) is 0 Å². The Kier molecular flexibility index (Phi) is 10.1. The minimum Gasteiger partial charge on any atom is -0.449 e. The largest absolute Gasteiger partial charge is 0.449 e. The molecule has 0 spiro atoms. The second-order valence-electron chi connectivity index (χ2n) is 11.6. The van der Waals surface area contributed by atoms with Gasteiger partial charge in [0.25, 0.3) is 0 Å². The fourth-order valence-corrected chi connectivity index (χ4v) is 5.69. The van der Waals surface area contributed by atoms with Crippen LogP contribution in [0.3, 0.4) is 0 Å². The van der Waals surface area contributed by atoms with Gasteiger partial charge in [-0.25, -0.2) is 4.79 Å². The predicted molar refractivity (Wildman–Crippen MR) is 176 cm³/mol. The molecule has 9 nitrogen and oxygen atoms in total. The Balaban J connectivity index is 1.22. The summed E-state index contributed by atoms with van der Waals surface area (Å²) in [5.74, 6) is -1.97. The third-order valence-electron chi connectivity index (χ3n) is 8.21. The van der Waals surface area contributed by atoms with Crippen molar-refractivity contribution < 1.29 is 23.9 Å². The van der Waals surface area contributed by atoms with Crippen molar-refractivity contribution in [1.29, 1.82) is 0 Å². The first-order valence-corrected chi connectivity index (χ1v) is 15.3. The Morgan fingerprint density at radius 2 is 1.20 bits per heavy atom. The van der Waals surface area contributed by atoms with Gasteiger partial charge < -0.3 is 26.4 Å². The normalized spacial score (nSPS) is 13.8. The molecular formula is C37H38N4O5. The molecule has 4 amide bonds. The van der Waals surface area contributed by atoms with Gasteiger partial charge in [-0.05, 0) is 47.2 Å². The summed E-state index contributed by atoms with van der Waals surface area (Å²) < 4.78 is 5.59. The van der Waals surface area contributed by atoms with Crippen LogP contribution in [-0.4, -0.2) is 48.5 Å². The van der Waals surface area contributed by atoms with Gasteiger partial charge in [0.15, 0.2) is 0 Å². The van der Waals surface area contributed by atoms with Crippen molar-refractivity contribution in [2.24, 2.45) is 5.73 Å². The molecule has 4 aromatic rings. The van der Waals surface area contributed by atoms with Crippen molar-refractivity contribution >= 4 is 23.8 Å². The molecule has 0 saturated heterocycles. The van der Waals surface area contributed by atoms with Crippen LogP contribution in [0.15, 0.2) is 103 Å². The molecule has 46 heavy (non-hydrogen) atoms. The van der Waals surface area contributed by atoms with E-state index in [1.54, 1.807) is 0 Å². The molecule has 0 aliphatic heterocycles.